The first-order valence-electron chi connectivity index (χ1n) is 11.4. The lowest BCUT2D eigenvalue weighted by Gasteiger charge is -2.37. The van der Waals surface area contributed by atoms with E-state index in [1.54, 1.807) is 12.1 Å². The molecule has 1 aliphatic rings. The molecule has 1 unspecified atom stereocenters. The van der Waals surface area contributed by atoms with Crippen molar-refractivity contribution in [3.05, 3.63) is 70.7 Å². The van der Waals surface area contributed by atoms with Crippen molar-refractivity contribution in [3.63, 3.8) is 0 Å². The number of hydrogen-bond acceptors (Lipinski definition) is 5. The monoisotopic (exact) mass is 587 g/mol. The van der Waals surface area contributed by atoms with Gasteiger partial charge in [-0.2, -0.15) is 0 Å². The first kappa shape index (κ1) is 27.0. The van der Waals surface area contributed by atoms with E-state index in [1.807, 2.05) is 28.8 Å². The fourth-order valence-corrected chi connectivity index (χ4v) is 6.64. The summed E-state index contributed by atoms with van der Waals surface area (Å²) in [6.45, 7) is 0.214. The third-order valence-corrected chi connectivity index (χ3v) is 8.91. The quantitative estimate of drug-likeness (QED) is 0.301. The summed E-state index contributed by atoms with van der Waals surface area (Å²) in [7, 11) is -2.01. The van der Waals surface area contributed by atoms with Gasteiger partial charge in [0.15, 0.2) is 0 Å². The first-order valence-corrected chi connectivity index (χ1v) is 13.7. The average molecular weight is 588 g/mol. The van der Waals surface area contributed by atoms with E-state index in [2.05, 4.69) is 13.8 Å². The van der Waals surface area contributed by atoms with Crippen LogP contribution in [0, 0.1) is 0 Å². The van der Waals surface area contributed by atoms with Gasteiger partial charge >= 0.3 is 6.36 Å². The summed E-state index contributed by atoms with van der Waals surface area (Å²) in [5.41, 5.74) is 1.61. The van der Waals surface area contributed by atoms with Gasteiger partial charge in [-0.25, -0.2) is 13.3 Å². The Morgan fingerprint density at radius 3 is 2.13 bits per heavy atom. The van der Waals surface area contributed by atoms with Gasteiger partial charge in [-0.15, -0.1) is 13.2 Å². The Morgan fingerprint density at radius 1 is 1.03 bits per heavy atom. The molecule has 202 valence electrons. The highest BCUT2D eigenvalue weighted by Gasteiger charge is 2.37. The number of benzene rings is 3. The Bertz CT molecular complexity index is 1560. The Hall–Kier alpha value is -2.54. The van der Waals surface area contributed by atoms with Crippen LogP contribution in [0.5, 0.6) is 5.75 Å². The Balaban J connectivity index is 1.48. The number of alkyl halides is 3. The summed E-state index contributed by atoms with van der Waals surface area (Å²) in [5.74, 6) is -0.452. The molecule has 1 saturated heterocycles. The third-order valence-electron chi connectivity index (χ3n) is 6.40. The summed E-state index contributed by atoms with van der Waals surface area (Å²) in [4.78, 5) is 0.130. The van der Waals surface area contributed by atoms with Crippen molar-refractivity contribution in [2.24, 2.45) is 4.36 Å². The maximum absolute atomic E-state index is 13.7. The van der Waals surface area contributed by atoms with E-state index < -0.39 is 40.2 Å². The van der Waals surface area contributed by atoms with Crippen molar-refractivity contribution in [2.75, 3.05) is 20.3 Å². The Kier molecular flexibility index (Phi) is 7.27. The van der Waals surface area contributed by atoms with Crippen LogP contribution < -0.4 is 9.46 Å². The molecule has 5 rings (SSSR count). The smallest absolute Gasteiger partial charge is 0.406 e. The van der Waals surface area contributed by atoms with E-state index in [1.165, 1.54) is 19.2 Å². The second kappa shape index (κ2) is 10.2. The zero-order chi connectivity index (χ0) is 27.2. The number of hydrogen-bond donors (Lipinski definition) is 2. The molecule has 0 saturated carbocycles. The number of rotatable bonds is 5. The molecule has 0 bridgehead atoms. The SMILES string of the molecule is CN=S(=O)(N[C@H]1COC[C@H](n2c3ccc(Cl)cc3c3cc(Cl)ccc32)[C@H]1O)c1ccc(OC(F)(F)F)cc1. The Labute approximate surface area is 226 Å². The molecule has 0 radical (unpaired) electrons. The number of nitrogens with zero attached hydrogens (tertiary/aromatic N) is 2. The minimum absolute atomic E-state index is 0.0359. The van der Waals surface area contributed by atoms with Gasteiger partial charge < -0.3 is 19.1 Å². The lowest BCUT2D eigenvalue weighted by molar-refractivity contribution is -0.274. The third kappa shape index (κ3) is 5.18. The normalized spacial score (nSPS) is 21.9. The fraction of sp³-hybridized carbons (Fsp3) is 0.280. The first-order chi connectivity index (χ1) is 18.0. The molecule has 0 aliphatic carbocycles. The summed E-state index contributed by atoms with van der Waals surface area (Å²) >= 11 is 12.5. The van der Waals surface area contributed by atoms with Crippen molar-refractivity contribution in [2.45, 2.75) is 29.4 Å². The van der Waals surface area contributed by atoms with E-state index >= 15 is 0 Å². The van der Waals surface area contributed by atoms with Crippen molar-refractivity contribution in [1.29, 1.82) is 0 Å². The maximum atomic E-state index is 13.7. The van der Waals surface area contributed by atoms with Gasteiger partial charge in [-0.3, -0.25) is 0 Å². The van der Waals surface area contributed by atoms with Gasteiger partial charge in [0.05, 0.1) is 36.3 Å². The van der Waals surface area contributed by atoms with E-state index in [0.29, 0.717) is 10.0 Å². The van der Waals surface area contributed by atoms with E-state index in [-0.39, 0.29) is 18.1 Å². The van der Waals surface area contributed by atoms with Gasteiger partial charge in [0, 0.05) is 38.9 Å². The molecule has 7 nitrogen and oxygen atoms in total. The van der Waals surface area contributed by atoms with Crippen LogP contribution in [0.2, 0.25) is 10.0 Å². The van der Waals surface area contributed by atoms with Gasteiger partial charge in [-0.1, -0.05) is 23.2 Å². The second-order valence-electron chi connectivity index (χ2n) is 8.74. The molecule has 0 spiro atoms. The average Bonchev–Trinajstić information content (AvgIpc) is 3.17. The predicted octanol–water partition coefficient (Wildman–Crippen LogP) is 5.96. The summed E-state index contributed by atoms with van der Waals surface area (Å²) in [5, 5.41) is 14.3. The van der Waals surface area contributed by atoms with Gasteiger partial charge in [0.25, 0.3) is 0 Å². The summed E-state index contributed by atoms with van der Waals surface area (Å²) in [6.07, 6.45) is -5.91. The highest BCUT2D eigenvalue weighted by atomic mass is 35.5. The number of fused-ring (bicyclic) bond motifs is 3. The number of aliphatic hydroxyl groups excluding tert-OH is 1. The highest BCUT2D eigenvalue weighted by Crippen LogP contribution is 2.37. The van der Waals surface area contributed by atoms with Crippen LogP contribution >= 0.6 is 23.2 Å². The van der Waals surface area contributed by atoms with Gasteiger partial charge in [0.2, 0.25) is 0 Å². The molecule has 1 fully saturated rings. The molecule has 4 aromatic rings. The number of halogens is 5. The lowest BCUT2D eigenvalue weighted by Crippen LogP contribution is -2.53. The number of aliphatic hydroxyl groups is 1. The molecular formula is C25H22Cl2F3N3O4S. The largest absolute Gasteiger partial charge is 0.573 e. The van der Waals surface area contributed by atoms with Crippen LogP contribution in [-0.2, 0) is 14.7 Å². The predicted molar refractivity (Wildman–Crippen MR) is 140 cm³/mol. The summed E-state index contributed by atoms with van der Waals surface area (Å²) < 4.78 is 69.8. The minimum atomic E-state index is -4.85. The van der Waals surface area contributed by atoms with Gasteiger partial charge in [-0.05, 0) is 60.7 Å². The van der Waals surface area contributed by atoms with Crippen LogP contribution in [0.25, 0.3) is 21.8 Å². The standard InChI is InChI=1S/C25H22Cl2F3N3O4S/c1-31-38(35,17-6-4-16(5-7-17)37-25(28,29)30)32-20-12-36-13-23(24(20)34)33-21-8-2-14(26)10-18(21)19-11-15(27)3-9-22(19)33/h2-11,20,23-24,34H,12-13H2,1H3,(H,31,32,35)/t20-,23-,24-,38?/m0/s1. The zero-order valence-corrected chi connectivity index (χ0v) is 22.1. The van der Waals surface area contributed by atoms with Crippen molar-refractivity contribution >= 4 is 54.9 Å². The topological polar surface area (TPSA) is 85.1 Å². The molecule has 3 aromatic carbocycles. The molecular weight excluding hydrogens is 566 g/mol. The molecule has 2 N–H and O–H groups in total. The molecule has 0 amide bonds. The lowest BCUT2D eigenvalue weighted by atomic mass is 10.0. The summed E-state index contributed by atoms with van der Waals surface area (Å²) in [6, 6.07) is 14.0. The van der Waals surface area contributed by atoms with Crippen LogP contribution in [0.3, 0.4) is 0 Å². The fourth-order valence-electron chi connectivity index (χ4n) is 4.72. The number of nitrogens with one attached hydrogen (secondary N) is 1. The van der Waals surface area contributed by atoms with Crippen LogP contribution in [0.1, 0.15) is 6.04 Å². The van der Waals surface area contributed by atoms with Crippen LogP contribution in [0.4, 0.5) is 13.2 Å². The van der Waals surface area contributed by atoms with E-state index in [9.17, 15) is 22.5 Å². The van der Waals surface area contributed by atoms with Crippen LogP contribution in [0.15, 0.2) is 69.9 Å². The Morgan fingerprint density at radius 2 is 1.61 bits per heavy atom. The zero-order valence-electron chi connectivity index (χ0n) is 19.8. The molecule has 1 aromatic heterocycles. The second-order valence-corrected chi connectivity index (χ2v) is 11.7. The van der Waals surface area contributed by atoms with Crippen molar-refractivity contribution < 1.29 is 32.0 Å². The minimum Gasteiger partial charge on any atom is -0.406 e. The molecule has 38 heavy (non-hydrogen) atoms. The van der Waals surface area contributed by atoms with Crippen molar-refractivity contribution in [1.82, 2.24) is 9.29 Å². The van der Waals surface area contributed by atoms with Gasteiger partial charge in [0.1, 0.15) is 15.7 Å². The molecule has 1 aliphatic heterocycles. The number of ether oxygens (including phenoxy) is 2. The number of aromatic nitrogens is 1. The van der Waals surface area contributed by atoms with Crippen LogP contribution in [-0.4, -0.2) is 52.7 Å². The van der Waals surface area contributed by atoms with E-state index in [4.69, 9.17) is 27.9 Å². The highest BCUT2D eigenvalue weighted by molar-refractivity contribution is 7.91. The molecule has 2 heterocycles. The molecule has 13 heteroatoms. The van der Waals surface area contributed by atoms with E-state index in [0.717, 1.165) is 33.9 Å². The van der Waals surface area contributed by atoms with Crippen molar-refractivity contribution in [3.8, 4) is 5.75 Å². The molecule has 4 atom stereocenters. The maximum Gasteiger partial charge on any atom is 0.573 e.